The van der Waals surface area contributed by atoms with Crippen LogP contribution in [0.4, 0.5) is 14.5 Å². The summed E-state index contributed by atoms with van der Waals surface area (Å²) in [4.78, 5) is 24.6. The average molecular weight is 430 g/mol. The van der Waals surface area contributed by atoms with Gasteiger partial charge in [-0.1, -0.05) is 23.2 Å². The van der Waals surface area contributed by atoms with E-state index in [1.807, 2.05) is 0 Å². The summed E-state index contributed by atoms with van der Waals surface area (Å²) in [6.45, 7) is 1.37. The van der Waals surface area contributed by atoms with Crippen molar-refractivity contribution in [2.45, 2.75) is 13.0 Å². The molecule has 1 aromatic heterocycles. The summed E-state index contributed by atoms with van der Waals surface area (Å²) in [5, 5.41) is 3.11. The fourth-order valence-electron chi connectivity index (χ4n) is 2.26. The second-order valence-corrected chi connectivity index (χ2v) is 7.38. The topological polar surface area (TPSA) is 55.4 Å². The molecule has 0 aliphatic carbocycles. The van der Waals surface area contributed by atoms with Crippen molar-refractivity contribution in [3.63, 3.8) is 0 Å². The molecule has 0 saturated heterocycles. The molecule has 0 bridgehead atoms. The molecular formula is C18H11Cl2F2NO3S. The van der Waals surface area contributed by atoms with Crippen molar-refractivity contribution < 1.29 is 23.1 Å². The Hall–Kier alpha value is -2.22. The van der Waals surface area contributed by atoms with E-state index in [0.29, 0.717) is 10.1 Å². The first-order chi connectivity index (χ1) is 12.8. The Morgan fingerprint density at radius 2 is 1.78 bits per heavy atom. The van der Waals surface area contributed by atoms with Crippen LogP contribution >= 0.6 is 34.5 Å². The summed E-state index contributed by atoms with van der Waals surface area (Å²) >= 11 is 13.0. The molecule has 1 heterocycles. The number of rotatable bonds is 4. The standard InChI is InChI=1S/C18H11Cl2F2NO3S/c1-8(17(24)23-13-5-3-9(21)6-12(13)19)26-18(25)16-15(20)11-4-2-10(22)7-14(11)27-16/h2-8H,1H3,(H,23,24)/t8-/m1/s1. The van der Waals surface area contributed by atoms with Gasteiger partial charge in [0, 0.05) is 10.1 Å². The fourth-order valence-corrected chi connectivity index (χ4v) is 3.89. The Balaban J connectivity index is 1.73. The third-order valence-corrected chi connectivity index (χ3v) is 5.57. The largest absolute Gasteiger partial charge is 0.448 e. The minimum absolute atomic E-state index is 0.0106. The third-order valence-electron chi connectivity index (χ3n) is 3.62. The Kier molecular flexibility index (Phi) is 5.64. The van der Waals surface area contributed by atoms with E-state index in [1.165, 1.54) is 31.2 Å². The zero-order valence-corrected chi connectivity index (χ0v) is 16.0. The van der Waals surface area contributed by atoms with Crippen LogP contribution in [0, 0.1) is 11.6 Å². The van der Waals surface area contributed by atoms with Crippen molar-refractivity contribution >= 4 is 62.2 Å². The van der Waals surface area contributed by atoms with Crippen molar-refractivity contribution in [1.29, 1.82) is 0 Å². The van der Waals surface area contributed by atoms with Crippen molar-refractivity contribution in [2.24, 2.45) is 0 Å². The normalized spacial score (nSPS) is 12.0. The molecule has 140 valence electrons. The van der Waals surface area contributed by atoms with E-state index in [1.54, 1.807) is 0 Å². The van der Waals surface area contributed by atoms with Crippen LogP contribution in [0.5, 0.6) is 0 Å². The zero-order valence-electron chi connectivity index (χ0n) is 13.7. The number of benzene rings is 2. The first-order valence-electron chi connectivity index (χ1n) is 7.60. The van der Waals surface area contributed by atoms with E-state index in [2.05, 4.69) is 5.32 Å². The number of anilines is 1. The highest BCUT2D eigenvalue weighted by atomic mass is 35.5. The summed E-state index contributed by atoms with van der Waals surface area (Å²) < 4.78 is 32.0. The van der Waals surface area contributed by atoms with Crippen LogP contribution in [-0.4, -0.2) is 18.0 Å². The highest BCUT2D eigenvalue weighted by Crippen LogP contribution is 2.36. The number of halogens is 4. The van der Waals surface area contributed by atoms with Crippen molar-refractivity contribution in [2.75, 3.05) is 5.32 Å². The van der Waals surface area contributed by atoms with Gasteiger partial charge in [0.15, 0.2) is 6.10 Å². The van der Waals surface area contributed by atoms with Gasteiger partial charge in [-0.15, -0.1) is 11.3 Å². The van der Waals surface area contributed by atoms with Crippen LogP contribution in [-0.2, 0) is 9.53 Å². The number of amides is 1. The van der Waals surface area contributed by atoms with E-state index in [0.717, 1.165) is 23.5 Å². The van der Waals surface area contributed by atoms with E-state index < -0.39 is 29.6 Å². The molecule has 0 unspecified atom stereocenters. The number of ether oxygens (including phenoxy) is 1. The van der Waals surface area contributed by atoms with Gasteiger partial charge in [-0.25, -0.2) is 13.6 Å². The number of thiophene rings is 1. The van der Waals surface area contributed by atoms with Gasteiger partial charge in [0.05, 0.1) is 15.7 Å². The molecule has 0 aliphatic rings. The van der Waals surface area contributed by atoms with E-state index >= 15 is 0 Å². The van der Waals surface area contributed by atoms with Gasteiger partial charge >= 0.3 is 5.97 Å². The maximum absolute atomic E-state index is 13.3. The lowest BCUT2D eigenvalue weighted by atomic mass is 10.2. The lowest BCUT2D eigenvalue weighted by Crippen LogP contribution is -2.30. The van der Waals surface area contributed by atoms with Crippen LogP contribution in [0.3, 0.4) is 0 Å². The Labute approximate surface area is 166 Å². The zero-order chi connectivity index (χ0) is 19.7. The smallest absolute Gasteiger partial charge is 0.350 e. The highest BCUT2D eigenvalue weighted by molar-refractivity contribution is 7.21. The molecule has 3 rings (SSSR count). The van der Waals surface area contributed by atoms with Crippen molar-refractivity contribution in [1.82, 2.24) is 0 Å². The molecule has 1 amide bonds. The molecule has 1 N–H and O–H groups in total. The van der Waals surface area contributed by atoms with Crippen LogP contribution in [0.2, 0.25) is 10.0 Å². The molecule has 4 nitrogen and oxygen atoms in total. The second-order valence-electron chi connectivity index (χ2n) is 5.55. The van der Waals surface area contributed by atoms with Gasteiger partial charge in [-0.2, -0.15) is 0 Å². The van der Waals surface area contributed by atoms with Gasteiger partial charge in [-0.05, 0) is 43.3 Å². The Morgan fingerprint density at radius 3 is 2.48 bits per heavy atom. The van der Waals surface area contributed by atoms with Gasteiger partial charge < -0.3 is 10.1 Å². The molecule has 3 aromatic rings. The predicted molar refractivity (Wildman–Crippen MR) is 102 cm³/mol. The molecule has 9 heteroatoms. The average Bonchev–Trinajstić information content (AvgIpc) is 2.93. The molecule has 1 atom stereocenters. The molecule has 0 radical (unpaired) electrons. The molecule has 0 aliphatic heterocycles. The summed E-state index contributed by atoms with van der Waals surface area (Å²) in [6, 6.07) is 7.43. The minimum atomic E-state index is -1.17. The number of hydrogen-bond donors (Lipinski definition) is 1. The maximum atomic E-state index is 13.3. The first-order valence-corrected chi connectivity index (χ1v) is 9.18. The van der Waals surface area contributed by atoms with Gasteiger partial charge in [0.1, 0.15) is 16.5 Å². The van der Waals surface area contributed by atoms with E-state index in [9.17, 15) is 18.4 Å². The molecule has 2 aromatic carbocycles. The lowest BCUT2D eigenvalue weighted by molar-refractivity contribution is -0.123. The summed E-state index contributed by atoms with van der Waals surface area (Å²) in [5.74, 6) is -2.47. The first kappa shape index (κ1) is 19.5. The SMILES string of the molecule is C[C@@H](OC(=O)c1sc2cc(F)ccc2c1Cl)C(=O)Nc1ccc(F)cc1Cl. The predicted octanol–water partition coefficient (Wildman–Crippen LogP) is 5.67. The molecule has 0 spiro atoms. The quantitative estimate of drug-likeness (QED) is 0.543. The highest BCUT2D eigenvalue weighted by Gasteiger charge is 2.24. The Morgan fingerprint density at radius 1 is 1.11 bits per heavy atom. The number of hydrogen-bond acceptors (Lipinski definition) is 4. The number of carbonyl (C=O) groups excluding carboxylic acids is 2. The molecule has 0 saturated carbocycles. The summed E-state index contributed by atoms with van der Waals surface area (Å²) in [5.41, 5.74) is 0.182. The monoisotopic (exact) mass is 429 g/mol. The number of esters is 1. The van der Waals surface area contributed by atoms with Gasteiger partial charge in [0.25, 0.3) is 5.91 Å². The molecule has 0 fully saturated rings. The minimum Gasteiger partial charge on any atom is -0.448 e. The van der Waals surface area contributed by atoms with Crippen LogP contribution < -0.4 is 5.32 Å². The van der Waals surface area contributed by atoms with Crippen molar-refractivity contribution in [3.8, 4) is 0 Å². The number of nitrogens with one attached hydrogen (secondary N) is 1. The summed E-state index contributed by atoms with van der Waals surface area (Å²) in [6.07, 6.45) is -1.17. The number of fused-ring (bicyclic) bond motifs is 1. The van der Waals surface area contributed by atoms with Gasteiger partial charge in [-0.3, -0.25) is 4.79 Å². The molecular weight excluding hydrogens is 419 g/mol. The van der Waals surface area contributed by atoms with E-state index in [-0.39, 0.29) is 20.6 Å². The van der Waals surface area contributed by atoms with E-state index in [4.69, 9.17) is 27.9 Å². The maximum Gasteiger partial charge on any atom is 0.350 e. The van der Waals surface area contributed by atoms with Crippen molar-refractivity contribution in [3.05, 3.63) is 63.0 Å². The van der Waals surface area contributed by atoms with Crippen LogP contribution in [0.1, 0.15) is 16.6 Å². The lowest BCUT2D eigenvalue weighted by Gasteiger charge is -2.14. The Bertz CT molecular complexity index is 1050. The van der Waals surface area contributed by atoms with Crippen LogP contribution in [0.25, 0.3) is 10.1 Å². The molecule has 27 heavy (non-hydrogen) atoms. The second kappa shape index (κ2) is 7.80. The van der Waals surface area contributed by atoms with Crippen LogP contribution in [0.15, 0.2) is 36.4 Å². The van der Waals surface area contributed by atoms with Gasteiger partial charge in [0.2, 0.25) is 0 Å². The third kappa shape index (κ3) is 4.21. The summed E-state index contributed by atoms with van der Waals surface area (Å²) in [7, 11) is 0. The number of carbonyl (C=O) groups is 2. The fraction of sp³-hybridized carbons (Fsp3) is 0.111.